The van der Waals surface area contributed by atoms with Crippen LogP contribution in [0.2, 0.25) is 5.02 Å². The van der Waals surface area contributed by atoms with Crippen LogP contribution in [-0.2, 0) is 0 Å². The highest BCUT2D eigenvalue weighted by molar-refractivity contribution is 6.34. The molecule has 1 aromatic carbocycles. The first-order valence-corrected chi connectivity index (χ1v) is 8.80. The van der Waals surface area contributed by atoms with Crippen molar-refractivity contribution >= 4 is 29.2 Å². The maximum absolute atomic E-state index is 12.5. The van der Waals surface area contributed by atoms with Gasteiger partial charge in [-0.3, -0.25) is 4.79 Å². The number of halogens is 1. The molecule has 6 nitrogen and oxygen atoms in total. The number of hydrogen-bond acceptors (Lipinski definition) is 3. The van der Waals surface area contributed by atoms with Crippen LogP contribution < -0.4 is 16.4 Å². The van der Waals surface area contributed by atoms with Crippen molar-refractivity contribution in [2.45, 2.75) is 38.6 Å². The van der Waals surface area contributed by atoms with Gasteiger partial charge in [0.05, 0.1) is 10.6 Å². The monoisotopic (exact) mass is 352 g/mol. The topological polar surface area (TPSA) is 87.5 Å². The van der Waals surface area contributed by atoms with E-state index in [0.29, 0.717) is 35.9 Å². The van der Waals surface area contributed by atoms with Crippen molar-refractivity contribution in [3.05, 3.63) is 28.8 Å². The van der Waals surface area contributed by atoms with Crippen LogP contribution in [0, 0.1) is 0 Å². The molecule has 0 aromatic heterocycles. The Balaban J connectivity index is 2.09. The summed E-state index contributed by atoms with van der Waals surface area (Å²) in [5, 5.41) is 5.99. The zero-order valence-corrected chi connectivity index (χ0v) is 14.7. The molecular formula is C17H25ClN4O2. The SMILES string of the molecule is CCCNC(=O)c1cc(NC(=O)N2CCCC[C@H]2CN)ccc1Cl. The molecule has 4 N–H and O–H groups in total. The van der Waals surface area contributed by atoms with Gasteiger partial charge < -0.3 is 21.3 Å². The standard InChI is InChI=1S/C17H25ClN4O2/c1-2-8-20-16(23)14-10-12(6-7-15(14)18)21-17(24)22-9-4-3-5-13(22)11-19/h6-7,10,13H,2-5,8-9,11,19H2,1H3,(H,20,23)(H,21,24)/t13-/m0/s1. The number of nitrogens with zero attached hydrogens (tertiary/aromatic N) is 1. The van der Waals surface area contributed by atoms with E-state index in [1.54, 1.807) is 23.1 Å². The van der Waals surface area contributed by atoms with Crippen LogP contribution in [0.15, 0.2) is 18.2 Å². The number of hydrogen-bond donors (Lipinski definition) is 3. The minimum absolute atomic E-state index is 0.0679. The molecule has 0 radical (unpaired) electrons. The number of likely N-dealkylation sites (tertiary alicyclic amines) is 1. The fourth-order valence-electron chi connectivity index (χ4n) is 2.82. The van der Waals surface area contributed by atoms with Crippen LogP contribution in [0.3, 0.4) is 0 Å². The van der Waals surface area contributed by atoms with Gasteiger partial charge in [0.1, 0.15) is 0 Å². The number of piperidine rings is 1. The number of urea groups is 1. The van der Waals surface area contributed by atoms with Gasteiger partial charge in [-0.1, -0.05) is 18.5 Å². The number of benzene rings is 1. The molecule has 1 heterocycles. The van der Waals surface area contributed by atoms with E-state index in [1.165, 1.54) is 0 Å². The molecule has 2 rings (SSSR count). The fourth-order valence-corrected chi connectivity index (χ4v) is 3.02. The maximum Gasteiger partial charge on any atom is 0.322 e. The van der Waals surface area contributed by atoms with Crippen molar-refractivity contribution in [1.29, 1.82) is 0 Å². The molecule has 0 saturated carbocycles. The van der Waals surface area contributed by atoms with E-state index in [2.05, 4.69) is 10.6 Å². The molecular weight excluding hydrogens is 328 g/mol. The molecule has 3 amide bonds. The summed E-state index contributed by atoms with van der Waals surface area (Å²) < 4.78 is 0. The second kappa shape index (κ2) is 8.89. The molecule has 0 unspecified atom stereocenters. The Hall–Kier alpha value is -1.79. The van der Waals surface area contributed by atoms with E-state index in [0.717, 1.165) is 25.7 Å². The number of amides is 3. The largest absolute Gasteiger partial charge is 0.352 e. The summed E-state index contributed by atoms with van der Waals surface area (Å²) in [6.07, 6.45) is 3.84. The van der Waals surface area contributed by atoms with E-state index in [4.69, 9.17) is 17.3 Å². The molecule has 24 heavy (non-hydrogen) atoms. The van der Waals surface area contributed by atoms with Gasteiger partial charge in [-0.05, 0) is 43.9 Å². The van der Waals surface area contributed by atoms with Crippen molar-refractivity contribution in [3.63, 3.8) is 0 Å². The van der Waals surface area contributed by atoms with Gasteiger partial charge in [0.2, 0.25) is 0 Å². The second-order valence-corrected chi connectivity index (χ2v) is 6.37. The van der Waals surface area contributed by atoms with E-state index >= 15 is 0 Å². The second-order valence-electron chi connectivity index (χ2n) is 5.96. The molecule has 1 saturated heterocycles. The number of rotatable bonds is 5. The molecule has 0 aliphatic carbocycles. The highest BCUT2D eigenvalue weighted by Crippen LogP contribution is 2.22. The van der Waals surface area contributed by atoms with Crippen LogP contribution in [0.4, 0.5) is 10.5 Å². The normalized spacial score (nSPS) is 17.5. The third-order valence-corrected chi connectivity index (χ3v) is 4.49. The van der Waals surface area contributed by atoms with E-state index in [9.17, 15) is 9.59 Å². The predicted octanol–water partition coefficient (Wildman–Crippen LogP) is 2.82. The van der Waals surface area contributed by atoms with Crippen molar-refractivity contribution < 1.29 is 9.59 Å². The first kappa shape index (κ1) is 18.5. The zero-order chi connectivity index (χ0) is 17.5. The van der Waals surface area contributed by atoms with Gasteiger partial charge in [-0.15, -0.1) is 0 Å². The highest BCUT2D eigenvalue weighted by atomic mass is 35.5. The first-order valence-electron chi connectivity index (χ1n) is 8.42. The highest BCUT2D eigenvalue weighted by Gasteiger charge is 2.25. The van der Waals surface area contributed by atoms with Crippen molar-refractivity contribution in [2.75, 3.05) is 25.0 Å². The Kier molecular flexibility index (Phi) is 6.87. The summed E-state index contributed by atoms with van der Waals surface area (Å²) in [7, 11) is 0. The fraction of sp³-hybridized carbons (Fsp3) is 0.529. The van der Waals surface area contributed by atoms with Crippen LogP contribution in [0.25, 0.3) is 0 Å². The minimum Gasteiger partial charge on any atom is -0.352 e. The van der Waals surface area contributed by atoms with Crippen LogP contribution in [0.5, 0.6) is 0 Å². The maximum atomic E-state index is 12.5. The lowest BCUT2D eigenvalue weighted by Gasteiger charge is -2.35. The van der Waals surface area contributed by atoms with E-state index < -0.39 is 0 Å². The van der Waals surface area contributed by atoms with Gasteiger partial charge in [0.15, 0.2) is 0 Å². The molecule has 7 heteroatoms. The van der Waals surface area contributed by atoms with Gasteiger partial charge in [0.25, 0.3) is 5.91 Å². The summed E-state index contributed by atoms with van der Waals surface area (Å²) in [5.74, 6) is -0.240. The number of nitrogens with two attached hydrogens (primary N) is 1. The summed E-state index contributed by atoms with van der Waals surface area (Å²) in [4.78, 5) is 26.4. The lowest BCUT2D eigenvalue weighted by Crippen LogP contribution is -2.49. The molecule has 1 aliphatic heterocycles. The number of nitrogens with one attached hydrogen (secondary N) is 2. The van der Waals surface area contributed by atoms with E-state index in [1.807, 2.05) is 6.92 Å². The third-order valence-electron chi connectivity index (χ3n) is 4.16. The molecule has 1 fully saturated rings. The third kappa shape index (κ3) is 4.61. The molecule has 0 bridgehead atoms. The molecule has 1 aromatic rings. The summed E-state index contributed by atoms with van der Waals surface area (Å²) in [6, 6.07) is 4.80. The number of anilines is 1. The molecule has 1 aliphatic rings. The molecule has 1 atom stereocenters. The minimum atomic E-state index is -0.240. The lowest BCUT2D eigenvalue weighted by molar-refractivity contribution is 0.0953. The quantitative estimate of drug-likeness (QED) is 0.761. The van der Waals surface area contributed by atoms with Gasteiger partial charge in [-0.25, -0.2) is 4.79 Å². The molecule has 0 spiro atoms. The van der Waals surface area contributed by atoms with Crippen molar-refractivity contribution in [3.8, 4) is 0 Å². The van der Waals surface area contributed by atoms with Crippen LogP contribution in [0.1, 0.15) is 43.0 Å². The Labute approximate surface area is 147 Å². The smallest absolute Gasteiger partial charge is 0.322 e. The Morgan fingerprint density at radius 1 is 1.38 bits per heavy atom. The van der Waals surface area contributed by atoms with Crippen molar-refractivity contribution in [2.24, 2.45) is 5.73 Å². The Bertz CT molecular complexity index is 594. The number of carbonyl (C=O) groups is 2. The van der Waals surface area contributed by atoms with Gasteiger partial charge in [0, 0.05) is 31.4 Å². The van der Waals surface area contributed by atoms with Crippen molar-refractivity contribution in [1.82, 2.24) is 10.2 Å². The summed E-state index contributed by atoms with van der Waals surface area (Å²) in [6.45, 7) is 3.71. The summed E-state index contributed by atoms with van der Waals surface area (Å²) >= 11 is 6.10. The number of carbonyl (C=O) groups excluding carboxylic acids is 2. The average molecular weight is 353 g/mol. The van der Waals surface area contributed by atoms with Gasteiger partial charge >= 0.3 is 6.03 Å². The Morgan fingerprint density at radius 2 is 2.17 bits per heavy atom. The Morgan fingerprint density at radius 3 is 2.88 bits per heavy atom. The zero-order valence-electron chi connectivity index (χ0n) is 14.0. The van der Waals surface area contributed by atoms with Crippen LogP contribution in [-0.4, -0.2) is 42.5 Å². The predicted molar refractivity (Wildman–Crippen MR) is 96.5 cm³/mol. The van der Waals surface area contributed by atoms with Gasteiger partial charge in [-0.2, -0.15) is 0 Å². The molecule has 132 valence electrons. The lowest BCUT2D eigenvalue weighted by atomic mass is 10.0. The summed E-state index contributed by atoms with van der Waals surface area (Å²) in [5.41, 5.74) is 6.67. The average Bonchev–Trinajstić information content (AvgIpc) is 2.61. The first-order chi connectivity index (χ1) is 11.6. The van der Waals surface area contributed by atoms with E-state index in [-0.39, 0.29) is 18.0 Å². The van der Waals surface area contributed by atoms with Crippen LogP contribution >= 0.6 is 11.6 Å².